The van der Waals surface area contributed by atoms with Crippen molar-refractivity contribution in [2.45, 2.75) is 50.2 Å². The van der Waals surface area contributed by atoms with E-state index in [-0.39, 0.29) is 5.60 Å². The van der Waals surface area contributed by atoms with Crippen LogP contribution in [0.15, 0.2) is 0 Å². The Labute approximate surface area is 111 Å². The van der Waals surface area contributed by atoms with Crippen LogP contribution >= 0.6 is 0 Å². The molecule has 1 unspecified atom stereocenters. The van der Waals surface area contributed by atoms with E-state index in [1.807, 2.05) is 0 Å². The van der Waals surface area contributed by atoms with Gasteiger partial charge in [0.1, 0.15) is 0 Å². The standard InChI is InChI=1S/C14H27N3O/c1-16-7-9-17(10-8-16)15-13-4-11-18-14(12-13)5-2-3-6-14/h13,15H,2-12H2,1H3. The minimum atomic E-state index is 0.239. The number of nitrogens with zero attached hydrogens (tertiary/aromatic N) is 2. The SMILES string of the molecule is CN1CCN(NC2CCOC3(CCCC3)C2)CC1. The second-order valence-corrected chi connectivity index (χ2v) is 6.35. The fraction of sp³-hybridized carbons (Fsp3) is 1.00. The number of hydrogen-bond acceptors (Lipinski definition) is 4. The first-order chi connectivity index (χ1) is 8.76. The van der Waals surface area contributed by atoms with E-state index in [9.17, 15) is 0 Å². The number of rotatable bonds is 2. The minimum absolute atomic E-state index is 0.239. The maximum atomic E-state index is 6.10. The van der Waals surface area contributed by atoms with Crippen LogP contribution in [-0.4, -0.2) is 61.4 Å². The topological polar surface area (TPSA) is 27.7 Å². The normalized spacial score (nSPS) is 34.2. The maximum absolute atomic E-state index is 6.10. The first kappa shape index (κ1) is 12.9. The molecule has 3 rings (SSSR count). The molecule has 1 saturated carbocycles. The lowest BCUT2D eigenvalue weighted by Crippen LogP contribution is -2.56. The van der Waals surface area contributed by atoms with Gasteiger partial charge in [-0.15, -0.1) is 0 Å². The van der Waals surface area contributed by atoms with Crippen LogP contribution in [0.1, 0.15) is 38.5 Å². The summed E-state index contributed by atoms with van der Waals surface area (Å²) in [4.78, 5) is 2.40. The molecule has 1 spiro atoms. The van der Waals surface area contributed by atoms with Crippen molar-refractivity contribution in [1.29, 1.82) is 0 Å². The van der Waals surface area contributed by atoms with Crippen LogP contribution in [0.4, 0.5) is 0 Å². The number of likely N-dealkylation sites (N-methyl/N-ethyl adjacent to an activating group) is 1. The van der Waals surface area contributed by atoms with Crippen LogP contribution < -0.4 is 5.43 Å². The van der Waals surface area contributed by atoms with E-state index in [0.29, 0.717) is 6.04 Å². The van der Waals surface area contributed by atoms with Crippen LogP contribution in [-0.2, 0) is 4.74 Å². The van der Waals surface area contributed by atoms with Crippen molar-refractivity contribution in [2.24, 2.45) is 0 Å². The monoisotopic (exact) mass is 253 g/mol. The molecule has 1 atom stereocenters. The van der Waals surface area contributed by atoms with Crippen LogP contribution in [0.3, 0.4) is 0 Å². The van der Waals surface area contributed by atoms with Gasteiger partial charge < -0.3 is 9.64 Å². The Balaban J connectivity index is 1.50. The lowest BCUT2D eigenvalue weighted by molar-refractivity contribution is -0.0939. The summed E-state index contributed by atoms with van der Waals surface area (Å²) in [6.45, 7) is 5.62. The van der Waals surface area contributed by atoms with E-state index >= 15 is 0 Å². The average molecular weight is 253 g/mol. The molecule has 3 fully saturated rings. The molecule has 0 bridgehead atoms. The molecule has 4 heteroatoms. The second kappa shape index (κ2) is 5.45. The first-order valence-electron chi connectivity index (χ1n) is 7.59. The molecule has 2 heterocycles. The van der Waals surface area contributed by atoms with E-state index in [1.54, 1.807) is 0 Å². The quantitative estimate of drug-likeness (QED) is 0.801. The Kier molecular flexibility index (Phi) is 3.89. The van der Waals surface area contributed by atoms with Gasteiger partial charge in [0.2, 0.25) is 0 Å². The molecule has 3 aliphatic rings. The predicted molar refractivity (Wildman–Crippen MR) is 72.4 cm³/mol. The van der Waals surface area contributed by atoms with Crippen molar-refractivity contribution < 1.29 is 4.74 Å². The maximum Gasteiger partial charge on any atom is 0.0697 e. The molecule has 18 heavy (non-hydrogen) atoms. The Morgan fingerprint density at radius 2 is 1.83 bits per heavy atom. The van der Waals surface area contributed by atoms with Gasteiger partial charge in [-0.2, -0.15) is 0 Å². The number of hydrazine groups is 1. The Hall–Kier alpha value is -0.160. The van der Waals surface area contributed by atoms with E-state index in [2.05, 4.69) is 22.4 Å². The highest BCUT2D eigenvalue weighted by molar-refractivity contribution is 4.93. The van der Waals surface area contributed by atoms with Crippen molar-refractivity contribution in [3.8, 4) is 0 Å². The van der Waals surface area contributed by atoms with Gasteiger partial charge in [-0.05, 0) is 32.7 Å². The smallest absolute Gasteiger partial charge is 0.0697 e. The average Bonchev–Trinajstić information content (AvgIpc) is 2.80. The number of hydrogen-bond donors (Lipinski definition) is 1. The third-order valence-corrected chi connectivity index (χ3v) is 4.88. The van der Waals surface area contributed by atoms with E-state index in [0.717, 1.165) is 19.7 Å². The molecule has 2 saturated heterocycles. The fourth-order valence-electron chi connectivity index (χ4n) is 3.70. The van der Waals surface area contributed by atoms with Gasteiger partial charge in [-0.1, -0.05) is 12.8 Å². The zero-order chi connectivity index (χ0) is 12.4. The summed E-state index contributed by atoms with van der Waals surface area (Å²) in [5, 5.41) is 2.43. The molecule has 0 amide bonds. The highest BCUT2D eigenvalue weighted by Gasteiger charge is 2.40. The van der Waals surface area contributed by atoms with Crippen molar-refractivity contribution in [3.63, 3.8) is 0 Å². The Morgan fingerprint density at radius 1 is 1.11 bits per heavy atom. The van der Waals surface area contributed by atoms with Gasteiger partial charge >= 0.3 is 0 Å². The molecule has 0 aromatic heterocycles. The number of nitrogens with one attached hydrogen (secondary N) is 1. The van der Waals surface area contributed by atoms with Crippen molar-refractivity contribution in [1.82, 2.24) is 15.3 Å². The van der Waals surface area contributed by atoms with Crippen LogP contribution in [0.25, 0.3) is 0 Å². The Bertz CT molecular complexity index is 270. The zero-order valence-electron chi connectivity index (χ0n) is 11.7. The summed E-state index contributed by atoms with van der Waals surface area (Å²) in [5.41, 5.74) is 3.99. The summed E-state index contributed by atoms with van der Waals surface area (Å²) >= 11 is 0. The van der Waals surface area contributed by atoms with E-state index in [4.69, 9.17) is 4.74 Å². The van der Waals surface area contributed by atoms with Gasteiger partial charge in [0.05, 0.1) is 5.60 Å². The molecular weight excluding hydrogens is 226 g/mol. The molecule has 1 N–H and O–H groups in total. The fourth-order valence-corrected chi connectivity index (χ4v) is 3.70. The zero-order valence-corrected chi connectivity index (χ0v) is 11.7. The second-order valence-electron chi connectivity index (χ2n) is 6.35. The summed E-state index contributed by atoms with van der Waals surface area (Å²) in [6, 6.07) is 0.639. The number of piperazine rings is 1. The molecule has 104 valence electrons. The van der Waals surface area contributed by atoms with Gasteiger partial charge in [-0.25, -0.2) is 5.01 Å². The van der Waals surface area contributed by atoms with Crippen LogP contribution in [0, 0.1) is 0 Å². The predicted octanol–water partition coefficient (Wildman–Crippen LogP) is 1.23. The van der Waals surface area contributed by atoms with Gasteiger partial charge in [-0.3, -0.25) is 5.43 Å². The summed E-state index contributed by atoms with van der Waals surface area (Å²) < 4.78 is 6.10. The largest absolute Gasteiger partial charge is 0.375 e. The molecule has 1 aliphatic carbocycles. The lowest BCUT2D eigenvalue weighted by atomic mass is 9.89. The Morgan fingerprint density at radius 3 is 2.56 bits per heavy atom. The summed E-state index contributed by atoms with van der Waals surface area (Å²) in [5.74, 6) is 0. The van der Waals surface area contributed by atoms with Crippen LogP contribution in [0.2, 0.25) is 0 Å². The van der Waals surface area contributed by atoms with Crippen molar-refractivity contribution in [2.75, 3.05) is 39.8 Å². The third-order valence-electron chi connectivity index (χ3n) is 4.88. The highest BCUT2D eigenvalue weighted by Crippen LogP contribution is 2.39. The molecule has 4 nitrogen and oxygen atoms in total. The molecular formula is C14H27N3O. The summed E-state index contributed by atoms with van der Waals surface area (Å²) in [7, 11) is 2.21. The molecule has 0 radical (unpaired) electrons. The minimum Gasteiger partial charge on any atom is -0.375 e. The first-order valence-corrected chi connectivity index (χ1v) is 7.59. The van der Waals surface area contributed by atoms with Gasteiger partial charge in [0.25, 0.3) is 0 Å². The third kappa shape index (κ3) is 2.87. The van der Waals surface area contributed by atoms with Gasteiger partial charge in [0.15, 0.2) is 0 Å². The molecule has 2 aliphatic heterocycles. The number of ether oxygens (including phenoxy) is 1. The van der Waals surface area contributed by atoms with E-state index < -0.39 is 0 Å². The molecule has 0 aromatic carbocycles. The van der Waals surface area contributed by atoms with Crippen molar-refractivity contribution >= 4 is 0 Å². The lowest BCUT2D eigenvalue weighted by Gasteiger charge is -2.42. The summed E-state index contributed by atoms with van der Waals surface area (Å²) in [6.07, 6.45) is 7.69. The molecule has 0 aromatic rings. The van der Waals surface area contributed by atoms with Gasteiger partial charge in [0, 0.05) is 38.8 Å². The highest BCUT2D eigenvalue weighted by atomic mass is 16.5. The van der Waals surface area contributed by atoms with Crippen molar-refractivity contribution in [3.05, 3.63) is 0 Å². The van der Waals surface area contributed by atoms with Crippen LogP contribution in [0.5, 0.6) is 0 Å². The van der Waals surface area contributed by atoms with E-state index in [1.165, 1.54) is 51.6 Å².